The van der Waals surface area contributed by atoms with Crippen LogP contribution in [0.3, 0.4) is 0 Å². The highest BCUT2D eigenvalue weighted by molar-refractivity contribution is 5.82. The molecule has 3 atom stereocenters. The molecule has 4 rings (SSSR count). The molecule has 3 saturated heterocycles. The Labute approximate surface area is 155 Å². The van der Waals surface area contributed by atoms with Gasteiger partial charge in [0, 0.05) is 32.0 Å². The van der Waals surface area contributed by atoms with Gasteiger partial charge in [-0.25, -0.2) is 8.78 Å². The SMILES string of the molecule is O=C1CCOC[C@]2(CN(C(=O)[C@@H]3CCCO3)C[C@H]2c2ccc(F)c(F)c2)N1. The number of benzene rings is 1. The Morgan fingerprint density at radius 2 is 2.11 bits per heavy atom. The van der Waals surface area contributed by atoms with Crippen LogP contribution in [-0.4, -0.2) is 61.3 Å². The lowest BCUT2D eigenvalue weighted by molar-refractivity contribution is -0.140. The van der Waals surface area contributed by atoms with E-state index in [0.717, 1.165) is 18.6 Å². The molecule has 1 spiro atoms. The number of ether oxygens (including phenoxy) is 2. The smallest absolute Gasteiger partial charge is 0.251 e. The minimum absolute atomic E-state index is 0.129. The first kappa shape index (κ1) is 18.3. The first-order chi connectivity index (χ1) is 13.0. The number of amides is 2. The number of hydrogen-bond acceptors (Lipinski definition) is 4. The fourth-order valence-corrected chi connectivity index (χ4v) is 4.28. The minimum Gasteiger partial charge on any atom is -0.378 e. The molecule has 1 N–H and O–H groups in total. The monoisotopic (exact) mass is 380 g/mol. The van der Waals surface area contributed by atoms with Gasteiger partial charge in [-0.3, -0.25) is 9.59 Å². The molecule has 27 heavy (non-hydrogen) atoms. The summed E-state index contributed by atoms with van der Waals surface area (Å²) in [6.45, 7) is 1.59. The largest absolute Gasteiger partial charge is 0.378 e. The van der Waals surface area contributed by atoms with E-state index >= 15 is 0 Å². The maximum atomic E-state index is 13.9. The lowest BCUT2D eigenvalue weighted by Gasteiger charge is -2.34. The zero-order chi connectivity index (χ0) is 19.0. The van der Waals surface area contributed by atoms with Crippen molar-refractivity contribution in [1.29, 1.82) is 0 Å². The Bertz CT molecular complexity index is 753. The third-order valence-electron chi connectivity index (χ3n) is 5.63. The lowest BCUT2D eigenvalue weighted by Crippen LogP contribution is -2.56. The van der Waals surface area contributed by atoms with Crippen molar-refractivity contribution in [3.05, 3.63) is 35.4 Å². The molecule has 0 radical (unpaired) electrons. The minimum atomic E-state index is -0.951. The Hall–Kier alpha value is -2.06. The standard InChI is InChI=1S/C19H22F2N2O4/c20-14-4-3-12(8-15(14)21)13-9-23(18(25)16-2-1-6-27-16)10-19(13)11-26-7-5-17(24)22-19/h3-4,8,13,16H,1-2,5-7,9-11H2,(H,22,24)/t13-,16-,19-/m0/s1. The molecule has 3 heterocycles. The van der Waals surface area contributed by atoms with Gasteiger partial charge in [0.2, 0.25) is 5.91 Å². The van der Waals surface area contributed by atoms with E-state index in [4.69, 9.17) is 9.47 Å². The van der Waals surface area contributed by atoms with Crippen LogP contribution in [0.5, 0.6) is 0 Å². The number of rotatable bonds is 2. The van der Waals surface area contributed by atoms with Gasteiger partial charge < -0.3 is 19.7 Å². The van der Waals surface area contributed by atoms with Crippen LogP contribution in [0.25, 0.3) is 0 Å². The van der Waals surface area contributed by atoms with E-state index in [1.165, 1.54) is 6.07 Å². The van der Waals surface area contributed by atoms with Gasteiger partial charge in [-0.15, -0.1) is 0 Å². The predicted octanol–water partition coefficient (Wildman–Crippen LogP) is 1.34. The quantitative estimate of drug-likeness (QED) is 0.841. The van der Waals surface area contributed by atoms with Crippen molar-refractivity contribution in [1.82, 2.24) is 10.2 Å². The third-order valence-corrected chi connectivity index (χ3v) is 5.63. The Morgan fingerprint density at radius 3 is 2.85 bits per heavy atom. The van der Waals surface area contributed by atoms with Gasteiger partial charge >= 0.3 is 0 Å². The van der Waals surface area contributed by atoms with Crippen LogP contribution >= 0.6 is 0 Å². The maximum Gasteiger partial charge on any atom is 0.251 e. The van der Waals surface area contributed by atoms with Gasteiger partial charge in [0.05, 0.1) is 18.8 Å². The highest BCUT2D eigenvalue weighted by atomic mass is 19.2. The first-order valence-electron chi connectivity index (χ1n) is 9.23. The molecule has 0 saturated carbocycles. The van der Waals surface area contributed by atoms with Gasteiger partial charge in [0.1, 0.15) is 6.10 Å². The summed E-state index contributed by atoms with van der Waals surface area (Å²) in [7, 11) is 0. The summed E-state index contributed by atoms with van der Waals surface area (Å²) in [5, 5.41) is 3.00. The highest BCUT2D eigenvalue weighted by Crippen LogP contribution is 2.38. The summed E-state index contributed by atoms with van der Waals surface area (Å²) in [6.07, 6.45) is 1.25. The van der Waals surface area contributed by atoms with Crippen molar-refractivity contribution >= 4 is 11.8 Å². The van der Waals surface area contributed by atoms with Crippen molar-refractivity contribution in [3.63, 3.8) is 0 Å². The average molecular weight is 380 g/mol. The Morgan fingerprint density at radius 1 is 1.26 bits per heavy atom. The van der Waals surface area contributed by atoms with Crippen molar-refractivity contribution in [3.8, 4) is 0 Å². The zero-order valence-electron chi connectivity index (χ0n) is 14.9. The van der Waals surface area contributed by atoms with E-state index in [1.807, 2.05) is 0 Å². The normalized spacial score (nSPS) is 31.2. The summed E-state index contributed by atoms with van der Waals surface area (Å²) < 4.78 is 38.4. The predicted molar refractivity (Wildman–Crippen MR) is 91.0 cm³/mol. The second kappa shape index (κ2) is 7.16. The molecular formula is C19H22F2N2O4. The number of hydrogen-bond donors (Lipinski definition) is 1. The van der Waals surface area contributed by atoms with Crippen LogP contribution in [0.1, 0.15) is 30.7 Å². The number of nitrogens with one attached hydrogen (secondary N) is 1. The summed E-state index contributed by atoms with van der Waals surface area (Å²) in [4.78, 5) is 26.7. The van der Waals surface area contributed by atoms with Crippen LogP contribution in [-0.2, 0) is 19.1 Å². The van der Waals surface area contributed by atoms with Crippen LogP contribution in [0.4, 0.5) is 8.78 Å². The average Bonchev–Trinajstić information content (AvgIpc) is 3.25. The van der Waals surface area contributed by atoms with Crippen LogP contribution in [0.15, 0.2) is 18.2 Å². The molecular weight excluding hydrogens is 358 g/mol. The summed E-state index contributed by atoms with van der Waals surface area (Å²) >= 11 is 0. The molecule has 6 nitrogen and oxygen atoms in total. The van der Waals surface area contributed by atoms with Crippen molar-refractivity contribution in [2.45, 2.75) is 36.8 Å². The van der Waals surface area contributed by atoms with Crippen molar-refractivity contribution < 1.29 is 27.8 Å². The molecule has 2 amide bonds. The van der Waals surface area contributed by atoms with E-state index in [9.17, 15) is 18.4 Å². The zero-order valence-corrected chi connectivity index (χ0v) is 14.9. The van der Waals surface area contributed by atoms with E-state index in [2.05, 4.69) is 5.32 Å². The summed E-state index contributed by atoms with van der Waals surface area (Å²) in [5.74, 6) is -2.59. The molecule has 0 aliphatic carbocycles. The molecule has 8 heteroatoms. The molecule has 0 unspecified atom stereocenters. The molecule has 3 aliphatic heterocycles. The first-order valence-corrected chi connectivity index (χ1v) is 9.23. The van der Waals surface area contributed by atoms with Gasteiger partial charge in [0.15, 0.2) is 11.6 Å². The molecule has 3 aliphatic rings. The van der Waals surface area contributed by atoms with E-state index in [0.29, 0.717) is 18.6 Å². The van der Waals surface area contributed by atoms with Crippen LogP contribution < -0.4 is 5.32 Å². The van der Waals surface area contributed by atoms with E-state index in [-0.39, 0.29) is 44.5 Å². The molecule has 1 aromatic carbocycles. The maximum absolute atomic E-state index is 13.9. The molecule has 0 bridgehead atoms. The number of halogens is 2. The molecule has 0 aromatic heterocycles. The van der Waals surface area contributed by atoms with Gasteiger partial charge in [-0.1, -0.05) is 6.07 Å². The third kappa shape index (κ3) is 3.43. The number of carbonyl (C=O) groups is 2. The van der Waals surface area contributed by atoms with Crippen LogP contribution in [0.2, 0.25) is 0 Å². The van der Waals surface area contributed by atoms with Gasteiger partial charge in [-0.05, 0) is 30.5 Å². The van der Waals surface area contributed by atoms with E-state index in [1.54, 1.807) is 4.90 Å². The Balaban J connectivity index is 1.67. The van der Waals surface area contributed by atoms with Crippen molar-refractivity contribution in [2.24, 2.45) is 0 Å². The topological polar surface area (TPSA) is 67.9 Å². The van der Waals surface area contributed by atoms with E-state index < -0.39 is 29.2 Å². The second-order valence-corrected chi connectivity index (χ2v) is 7.45. The number of likely N-dealkylation sites (tertiary alicyclic amines) is 1. The number of carbonyl (C=O) groups excluding carboxylic acids is 2. The van der Waals surface area contributed by atoms with Gasteiger partial charge in [-0.2, -0.15) is 0 Å². The Kier molecular flexibility index (Phi) is 4.86. The van der Waals surface area contributed by atoms with Gasteiger partial charge in [0.25, 0.3) is 5.91 Å². The summed E-state index contributed by atoms with van der Waals surface area (Å²) in [6, 6.07) is 3.71. The molecule has 1 aromatic rings. The second-order valence-electron chi connectivity index (χ2n) is 7.45. The molecule has 146 valence electrons. The fourth-order valence-electron chi connectivity index (χ4n) is 4.28. The van der Waals surface area contributed by atoms with Crippen LogP contribution in [0, 0.1) is 11.6 Å². The highest BCUT2D eigenvalue weighted by Gasteiger charge is 2.51. The fraction of sp³-hybridized carbons (Fsp3) is 0.579. The van der Waals surface area contributed by atoms with Crippen molar-refractivity contribution in [2.75, 3.05) is 32.9 Å². The summed E-state index contributed by atoms with van der Waals surface area (Å²) in [5.41, 5.74) is -0.339. The lowest BCUT2D eigenvalue weighted by atomic mass is 9.82. The number of nitrogens with zero attached hydrogens (tertiary/aromatic N) is 1. The molecule has 3 fully saturated rings.